The maximum absolute atomic E-state index is 13.3. The number of carbonyl (C=O) groups is 3. The molecule has 4 aromatic rings. The van der Waals surface area contributed by atoms with Gasteiger partial charge in [-0.25, -0.2) is 4.98 Å². The maximum Gasteiger partial charge on any atom is 0.318 e. The molecule has 0 saturated carbocycles. The van der Waals surface area contributed by atoms with E-state index in [0.717, 1.165) is 5.56 Å². The highest BCUT2D eigenvalue weighted by Gasteiger charge is 2.21. The Bertz CT molecular complexity index is 1700. The summed E-state index contributed by atoms with van der Waals surface area (Å²) in [6, 6.07) is 14.9. The van der Waals surface area contributed by atoms with Crippen molar-refractivity contribution in [1.82, 2.24) is 20.3 Å². The number of methoxy groups -OCH3 is 1. The van der Waals surface area contributed by atoms with Gasteiger partial charge in [-0.3, -0.25) is 19.2 Å². The number of H-pyrrole nitrogens is 1. The van der Waals surface area contributed by atoms with Crippen LogP contribution in [0.3, 0.4) is 0 Å². The average Bonchev–Trinajstić information content (AvgIpc) is 2.96. The number of anilines is 1. The molecule has 3 N–H and O–H groups in total. The zero-order chi connectivity index (χ0) is 31.1. The molecule has 0 spiro atoms. The Labute approximate surface area is 253 Å². The van der Waals surface area contributed by atoms with Gasteiger partial charge in [-0.15, -0.1) is 0 Å². The van der Waals surface area contributed by atoms with Gasteiger partial charge in [0.2, 0.25) is 0 Å². The van der Waals surface area contributed by atoms with Gasteiger partial charge in [0, 0.05) is 23.6 Å². The number of fused-ring (bicyclic) bond motifs is 1. The highest BCUT2D eigenvalue weighted by Crippen LogP contribution is 2.26. The van der Waals surface area contributed by atoms with Crippen molar-refractivity contribution in [2.75, 3.05) is 12.4 Å². The number of amides is 2. The largest absolute Gasteiger partial charge is 0.467 e. The summed E-state index contributed by atoms with van der Waals surface area (Å²) in [7, 11) is 1.40. The predicted molar refractivity (Wildman–Crippen MR) is 162 cm³/mol. The summed E-state index contributed by atoms with van der Waals surface area (Å²) in [5.41, 5.74) is 0.0283. The molecule has 0 unspecified atom stereocenters. The van der Waals surface area contributed by atoms with Crippen molar-refractivity contribution in [3.8, 4) is 6.01 Å². The SMILES string of the molecule is COc1ncc2cc(C(=O)Nc3cc(C(=O)N[C@H](CCCC(=O)OC(C)(C)C)c4ccccc4)ccc3Cl)c(=O)[nH]c2n1. The van der Waals surface area contributed by atoms with Gasteiger partial charge in [0.15, 0.2) is 0 Å². The number of hydrogen-bond acceptors (Lipinski definition) is 8. The van der Waals surface area contributed by atoms with Gasteiger partial charge in [0.1, 0.15) is 16.8 Å². The Hall–Kier alpha value is -4.77. The van der Waals surface area contributed by atoms with Crippen LogP contribution in [0.4, 0.5) is 5.69 Å². The number of aromatic amines is 1. The quantitative estimate of drug-likeness (QED) is 0.208. The highest BCUT2D eigenvalue weighted by molar-refractivity contribution is 6.34. The molecule has 224 valence electrons. The lowest BCUT2D eigenvalue weighted by molar-refractivity contribution is -0.154. The first-order chi connectivity index (χ1) is 20.4. The minimum Gasteiger partial charge on any atom is -0.467 e. The lowest BCUT2D eigenvalue weighted by Crippen LogP contribution is -2.29. The van der Waals surface area contributed by atoms with Crippen LogP contribution in [0.5, 0.6) is 6.01 Å². The molecule has 0 saturated heterocycles. The smallest absolute Gasteiger partial charge is 0.318 e. The van der Waals surface area contributed by atoms with Crippen LogP contribution in [-0.2, 0) is 9.53 Å². The number of ether oxygens (including phenoxy) is 2. The fourth-order valence-electron chi connectivity index (χ4n) is 4.29. The summed E-state index contributed by atoms with van der Waals surface area (Å²) in [6.45, 7) is 5.44. The van der Waals surface area contributed by atoms with E-state index < -0.39 is 23.0 Å². The van der Waals surface area contributed by atoms with Crippen molar-refractivity contribution in [3.63, 3.8) is 0 Å². The Morgan fingerprint density at radius 3 is 2.49 bits per heavy atom. The molecule has 0 aliphatic rings. The van der Waals surface area contributed by atoms with Crippen molar-refractivity contribution in [3.05, 3.63) is 92.9 Å². The number of benzene rings is 2. The van der Waals surface area contributed by atoms with Crippen LogP contribution in [0.25, 0.3) is 11.0 Å². The molecule has 4 rings (SSSR count). The molecule has 0 radical (unpaired) electrons. The second kappa shape index (κ2) is 13.5. The normalized spacial score (nSPS) is 11.9. The Balaban J connectivity index is 1.49. The van der Waals surface area contributed by atoms with Gasteiger partial charge in [0.05, 0.1) is 23.9 Å². The number of rotatable bonds is 10. The van der Waals surface area contributed by atoms with Crippen molar-refractivity contribution in [2.45, 2.75) is 51.7 Å². The van der Waals surface area contributed by atoms with Crippen molar-refractivity contribution in [2.24, 2.45) is 0 Å². The molecule has 11 nitrogen and oxygen atoms in total. The van der Waals surface area contributed by atoms with Crippen LogP contribution in [-0.4, -0.2) is 45.4 Å². The van der Waals surface area contributed by atoms with Crippen LogP contribution in [0.15, 0.2) is 65.6 Å². The van der Waals surface area contributed by atoms with Gasteiger partial charge in [-0.1, -0.05) is 41.9 Å². The highest BCUT2D eigenvalue weighted by atomic mass is 35.5. The van der Waals surface area contributed by atoms with E-state index in [0.29, 0.717) is 18.2 Å². The minimum absolute atomic E-state index is 0.0692. The van der Waals surface area contributed by atoms with Gasteiger partial charge >= 0.3 is 12.0 Å². The van der Waals surface area contributed by atoms with Crippen LogP contribution < -0.4 is 20.9 Å². The van der Waals surface area contributed by atoms with Crippen LogP contribution >= 0.6 is 11.6 Å². The molecule has 2 amide bonds. The van der Waals surface area contributed by atoms with Crippen molar-refractivity contribution >= 4 is 46.1 Å². The Morgan fingerprint density at radius 1 is 1.05 bits per heavy atom. The molecule has 1 atom stereocenters. The summed E-state index contributed by atoms with van der Waals surface area (Å²) in [5, 5.41) is 6.22. The summed E-state index contributed by atoms with van der Waals surface area (Å²) in [4.78, 5) is 61.8. The number of nitrogens with zero attached hydrogens (tertiary/aromatic N) is 2. The molecule has 2 aromatic carbocycles. The molecule has 2 heterocycles. The van der Waals surface area contributed by atoms with E-state index in [-0.39, 0.29) is 51.9 Å². The van der Waals surface area contributed by atoms with E-state index >= 15 is 0 Å². The molecular formula is C31H32ClN5O6. The topological polar surface area (TPSA) is 152 Å². The predicted octanol–water partition coefficient (Wildman–Crippen LogP) is 5.22. The lowest BCUT2D eigenvalue weighted by atomic mass is 10.00. The van der Waals surface area contributed by atoms with Crippen LogP contribution in [0.1, 0.15) is 72.4 Å². The minimum atomic E-state index is -0.734. The van der Waals surface area contributed by atoms with Gasteiger partial charge < -0.3 is 25.1 Å². The Morgan fingerprint density at radius 2 is 1.79 bits per heavy atom. The molecule has 12 heteroatoms. The summed E-state index contributed by atoms with van der Waals surface area (Å²) < 4.78 is 10.4. The first-order valence-electron chi connectivity index (χ1n) is 13.6. The van der Waals surface area contributed by atoms with E-state index in [1.54, 1.807) is 0 Å². The fraction of sp³-hybridized carbons (Fsp3) is 0.290. The number of hydrogen-bond donors (Lipinski definition) is 3. The van der Waals surface area contributed by atoms with E-state index in [1.165, 1.54) is 37.6 Å². The van der Waals surface area contributed by atoms with E-state index in [4.69, 9.17) is 21.1 Å². The maximum atomic E-state index is 13.3. The number of nitrogens with one attached hydrogen (secondary N) is 3. The number of halogens is 1. The summed E-state index contributed by atoms with van der Waals surface area (Å²) in [6.07, 6.45) is 2.62. The zero-order valence-corrected chi connectivity index (χ0v) is 24.9. The standard InChI is InChI=1S/C31H32ClN5O6/c1-31(2,3)43-25(38)12-8-11-23(18-9-6-5-7-10-18)34-27(39)19-13-14-22(32)24(16-19)35-28(40)21-15-20-17-33-30(42-4)37-26(20)36-29(21)41/h5-7,9-10,13-17,23H,8,11-12H2,1-4H3,(H,34,39)(H,35,40)(H,33,36,37,41)/t23-/m1/s1. The second-order valence-corrected chi connectivity index (χ2v) is 11.1. The molecule has 0 aliphatic heterocycles. The first-order valence-corrected chi connectivity index (χ1v) is 13.9. The molecule has 0 aliphatic carbocycles. The molecular weight excluding hydrogens is 574 g/mol. The fourth-order valence-corrected chi connectivity index (χ4v) is 4.45. The monoisotopic (exact) mass is 605 g/mol. The lowest BCUT2D eigenvalue weighted by Gasteiger charge is -2.21. The molecule has 0 bridgehead atoms. The second-order valence-electron chi connectivity index (χ2n) is 10.7. The molecule has 43 heavy (non-hydrogen) atoms. The third-order valence-corrected chi connectivity index (χ3v) is 6.61. The van der Waals surface area contributed by atoms with E-state index in [2.05, 4.69) is 25.6 Å². The number of aromatic nitrogens is 3. The number of esters is 1. The molecule has 2 aromatic heterocycles. The van der Waals surface area contributed by atoms with Gasteiger partial charge in [-0.2, -0.15) is 4.98 Å². The van der Waals surface area contributed by atoms with Gasteiger partial charge in [-0.05, 0) is 63.4 Å². The van der Waals surface area contributed by atoms with E-state index in [1.807, 2.05) is 51.1 Å². The van der Waals surface area contributed by atoms with Crippen molar-refractivity contribution < 1.29 is 23.9 Å². The average molecular weight is 606 g/mol. The summed E-state index contributed by atoms with van der Waals surface area (Å²) in [5.74, 6) is -1.45. The zero-order valence-electron chi connectivity index (χ0n) is 24.2. The molecule has 0 fully saturated rings. The third kappa shape index (κ3) is 8.39. The third-order valence-electron chi connectivity index (χ3n) is 6.28. The number of carbonyl (C=O) groups excluding carboxylic acids is 3. The Kier molecular flexibility index (Phi) is 9.77. The number of pyridine rings is 1. The van der Waals surface area contributed by atoms with Gasteiger partial charge in [0.25, 0.3) is 17.4 Å². The van der Waals surface area contributed by atoms with E-state index in [9.17, 15) is 19.2 Å². The van der Waals surface area contributed by atoms with Crippen LogP contribution in [0.2, 0.25) is 5.02 Å². The van der Waals surface area contributed by atoms with Crippen molar-refractivity contribution in [1.29, 1.82) is 0 Å². The van der Waals surface area contributed by atoms with Crippen LogP contribution in [0, 0.1) is 0 Å². The summed E-state index contributed by atoms with van der Waals surface area (Å²) >= 11 is 6.34. The first kappa shape index (κ1) is 31.2.